The molecule has 5 rings (SSSR count). The highest BCUT2D eigenvalue weighted by molar-refractivity contribution is 6.31. The first kappa shape index (κ1) is 23.1. The molecule has 0 bridgehead atoms. The van der Waals surface area contributed by atoms with Crippen LogP contribution >= 0.6 is 23.2 Å². The van der Waals surface area contributed by atoms with Gasteiger partial charge in [0.05, 0.1) is 12.2 Å². The first-order valence-electron chi connectivity index (χ1n) is 11.1. The van der Waals surface area contributed by atoms with Gasteiger partial charge in [-0.2, -0.15) is 0 Å². The molecule has 4 aromatic rings. The van der Waals surface area contributed by atoms with Gasteiger partial charge in [0.1, 0.15) is 0 Å². The fourth-order valence-corrected chi connectivity index (χ4v) is 4.53. The summed E-state index contributed by atoms with van der Waals surface area (Å²) < 4.78 is 5.78. The number of benzene rings is 3. The second kappa shape index (κ2) is 9.94. The van der Waals surface area contributed by atoms with Crippen molar-refractivity contribution in [3.8, 4) is 11.5 Å². The molecule has 2 heterocycles. The van der Waals surface area contributed by atoms with Crippen molar-refractivity contribution in [3.05, 3.63) is 112 Å². The van der Waals surface area contributed by atoms with Gasteiger partial charge in [-0.05, 0) is 48.0 Å². The molecule has 0 N–H and O–H groups in total. The molecule has 1 saturated heterocycles. The SMILES string of the molecule is O=C(c1cnc(-c2ccccc2)o1)N1CCN(C(=O)c2cccc(Cl)c2)C(c2ccc(Cl)cc2)C1. The average molecular weight is 506 g/mol. The van der Waals surface area contributed by atoms with Crippen LogP contribution in [0.25, 0.3) is 11.5 Å². The number of hydrogen-bond donors (Lipinski definition) is 0. The van der Waals surface area contributed by atoms with Gasteiger partial charge < -0.3 is 14.2 Å². The molecule has 1 unspecified atom stereocenters. The molecule has 176 valence electrons. The summed E-state index contributed by atoms with van der Waals surface area (Å²) in [6.07, 6.45) is 1.45. The van der Waals surface area contributed by atoms with Crippen LogP contribution in [-0.4, -0.2) is 46.2 Å². The van der Waals surface area contributed by atoms with Crippen LogP contribution in [0.5, 0.6) is 0 Å². The van der Waals surface area contributed by atoms with E-state index in [0.717, 1.165) is 11.1 Å². The zero-order valence-corrected chi connectivity index (χ0v) is 20.1. The molecule has 6 nitrogen and oxygen atoms in total. The highest BCUT2D eigenvalue weighted by Crippen LogP contribution is 2.30. The highest BCUT2D eigenvalue weighted by Gasteiger charge is 2.35. The zero-order chi connectivity index (χ0) is 24.4. The molecule has 1 aliphatic heterocycles. The molecule has 1 fully saturated rings. The lowest BCUT2D eigenvalue weighted by Crippen LogP contribution is -2.52. The van der Waals surface area contributed by atoms with Crippen LogP contribution < -0.4 is 0 Å². The van der Waals surface area contributed by atoms with Crippen molar-refractivity contribution in [2.24, 2.45) is 0 Å². The summed E-state index contributed by atoms with van der Waals surface area (Å²) in [6, 6.07) is 23.2. The summed E-state index contributed by atoms with van der Waals surface area (Å²) in [5.74, 6) is 0.130. The monoisotopic (exact) mass is 505 g/mol. The number of carbonyl (C=O) groups excluding carboxylic acids is 2. The zero-order valence-electron chi connectivity index (χ0n) is 18.6. The lowest BCUT2D eigenvalue weighted by molar-refractivity contribution is 0.0369. The van der Waals surface area contributed by atoms with Gasteiger partial charge in [-0.25, -0.2) is 4.98 Å². The van der Waals surface area contributed by atoms with Gasteiger partial charge in [0.2, 0.25) is 11.7 Å². The van der Waals surface area contributed by atoms with Crippen molar-refractivity contribution < 1.29 is 14.0 Å². The molecule has 35 heavy (non-hydrogen) atoms. The van der Waals surface area contributed by atoms with Crippen LogP contribution in [0.3, 0.4) is 0 Å². The summed E-state index contributed by atoms with van der Waals surface area (Å²) in [5.41, 5.74) is 2.17. The minimum absolute atomic E-state index is 0.148. The first-order valence-corrected chi connectivity index (χ1v) is 11.9. The summed E-state index contributed by atoms with van der Waals surface area (Å²) >= 11 is 12.2. The van der Waals surface area contributed by atoms with E-state index in [1.807, 2.05) is 42.5 Å². The maximum absolute atomic E-state index is 13.4. The van der Waals surface area contributed by atoms with Crippen molar-refractivity contribution >= 4 is 35.0 Å². The van der Waals surface area contributed by atoms with E-state index in [4.69, 9.17) is 27.6 Å². The van der Waals surface area contributed by atoms with Gasteiger partial charge in [0.25, 0.3) is 11.8 Å². The molecule has 0 radical (unpaired) electrons. The number of rotatable bonds is 4. The predicted octanol–water partition coefficient (Wildman–Crippen LogP) is 5.99. The van der Waals surface area contributed by atoms with Gasteiger partial charge in [0.15, 0.2) is 0 Å². The molecule has 2 amide bonds. The van der Waals surface area contributed by atoms with Crippen molar-refractivity contribution in [1.29, 1.82) is 0 Å². The molecular weight excluding hydrogens is 485 g/mol. The number of amides is 2. The predicted molar refractivity (Wildman–Crippen MR) is 135 cm³/mol. The first-order chi connectivity index (χ1) is 17.0. The van der Waals surface area contributed by atoms with Crippen LogP contribution in [0.4, 0.5) is 0 Å². The molecule has 0 saturated carbocycles. The molecule has 1 aromatic heterocycles. The molecule has 8 heteroatoms. The standard InChI is InChI=1S/C27H21Cl2N3O3/c28-21-11-9-18(10-12-21)23-17-31(13-14-32(23)26(33)20-7-4-8-22(29)15-20)27(34)24-16-30-25(35-24)19-5-2-1-3-6-19/h1-12,15-16,23H,13-14,17H2. The normalized spacial score (nSPS) is 15.8. The second-order valence-corrected chi connectivity index (χ2v) is 9.10. The van der Waals surface area contributed by atoms with Crippen molar-refractivity contribution in [2.75, 3.05) is 19.6 Å². The Hall–Kier alpha value is -3.61. The van der Waals surface area contributed by atoms with Crippen molar-refractivity contribution in [1.82, 2.24) is 14.8 Å². The van der Waals surface area contributed by atoms with Crippen LogP contribution in [0, 0.1) is 0 Å². The van der Waals surface area contributed by atoms with E-state index < -0.39 is 0 Å². The van der Waals surface area contributed by atoms with Crippen molar-refractivity contribution in [3.63, 3.8) is 0 Å². The Balaban J connectivity index is 1.41. The van der Waals surface area contributed by atoms with E-state index in [2.05, 4.69) is 4.98 Å². The molecule has 1 aliphatic rings. The summed E-state index contributed by atoms with van der Waals surface area (Å²) in [4.78, 5) is 34.5. The van der Waals surface area contributed by atoms with Gasteiger partial charge >= 0.3 is 0 Å². The van der Waals surface area contributed by atoms with Gasteiger partial charge in [-0.1, -0.05) is 59.6 Å². The third-order valence-corrected chi connectivity index (χ3v) is 6.48. The van der Waals surface area contributed by atoms with E-state index >= 15 is 0 Å². The number of aromatic nitrogens is 1. The molecular formula is C27H21Cl2N3O3. The van der Waals surface area contributed by atoms with Crippen LogP contribution in [-0.2, 0) is 0 Å². The van der Waals surface area contributed by atoms with Gasteiger partial charge in [0, 0.05) is 40.8 Å². The molecule has 0 aliphatic carbocycles. The van der Waals surface area contributed by atoms with E-state index in [0.29, 0.717) is 41.1 Å². The van der Waals surface area contributed by atoms with Gasteiger partial charge in [-0.3, -0.25) is 9.59 Å². The van der Waals surface area contributed by atoms with E-state index in [9.17, 15) is 9.59 Å². The van der Waals surface area contributed by atoms with Crippen LogP contribution in [0.1, 0.15) is 32.5 Å². The number of halogens is 2. The largest absolute Gasteiger partial charge is 0.431 e. The molecule has 0 spiro atoms. The molecule has 1 atom stereocenters. The topological polar surface area (TPSA) is 66.7 Å². The average Bonchev–Trinajstić information content (AvgIpc) is 3.39. The van der Waals surface area contributed by atoms with E-state index in [1.165, 1.54) is 6.20 Å². The Morgan fingerprint density at radius 1 is 0.857 bits per heavy atom. The van der Waals surface area contributed by atoms with Crippen molar-refractivity contribution in [2.45, 2.75) is 6.04 Å². The number of hydrogen-bond acceptors (Lipinski definition) is 4. The minimum Gasteiger partial charge on any atom is -0.431 e. The smallest absolute Gasteiger partial charge is 0.291 e. The number of nitrogens with zero attached hydrogens (tertiary/aromatic N) is 3. The Morgan fingerprint density at radius 2 is 1.63 bits per heavy atom. The molecule has 3 aromatic carbocycles. The van der Waals surface area contributed by atoms with E-state index in [-0.39, 0.29) is 23.6 Å². The Bertz CT molecular complexity index is 1360. The lowest BCUT2D eigenvalue weighted by Gasteiger charge is -2.41. The summed E-state index contributed by atoms with van der Waals surface area (Å²) in [7, 11) is 0. The number of piperazine rings is 1. The second-order valence-electron chi connectivity index (χ2n) is 8.22. The maximum atomic E-state index is 13.4. The third-order valence-electron chi connectivity index (χ3n) is 5.99. The lowest BCUT2D eigenvalue weighted by atomic mass is 10.0. The third kappa shape index (κ3) is 4.94. The minimum atomic E-state index is -0.368. The summed E-state index contributed by atoms with van der Waals surface area (Å²) in [6.45, 7) is 1.01. The Kier molecular flexibility index (Phi) is 6.57. The fourth-order valence-electron chi connectivity index (χ4n) is 4.21. The Labute approximate surface area is 212 Å². The fraction of sp³-hybridized carbons (Fsp3) is 0.148. The van der Waals surface area contributed by atoms with Gasteiger partial charge in [-0.15, -0.1) is 0 Å². The van der Waals surface area contributed by atoms with Crippen LogP contribution in [0.2, 0.25) is 10.0 Å². The number of carbonyl (C=O) groups is 2. The number of oxazole rings is 1. The highest BCUT2D eigenvalue weighted by atomic mass is 35.5. The van der Waals surface area contributed by atoms with E-state index in [1.54, 1.807) is 46.2 Å². The van der Waals surface area contributed by atoms with Crippen LogP contribution in [0.15, 0.2) is 89.5 Å². The summed E-state index contributed by atoms with van der Waals surface area (Å²) in [5, 5.41) is 1.09. The Morgan fingerprint density at radius 3 is 2.37 bits per heavy atom. The maximum Gasteiger partial charge on any atom is 0.291 e. The quantitative estimate of drug-likeness (QED) is 0.341.